The molecule has 1 unspecified atom stereocenters. The second kappa shape index (κ2) is 5.18. The summed E-state index contributed by atoms with van der Waals surface area (Å²) in [7, 11) is 0. The Bertz CT molecular complexity index is 820. The highest BCUT2D eigenvalue weighted by atomic mass is 19.2. The first kappa shape index (κ1) is 13.6. The lowest BCUT2D eigenvalue weighted by Crippen LogP contribution is -2.05. The van der Waals surface area contributed by atoms with Gasteiger partial charge in [0.1, 0.15) is 6.10 Å². The highest BCUT2D eigenvalue weighted by molar-refractivity contribution is 5.79. The Labute approximate surface area is 118 Å². The van der Waals surface area contributed by atoms with Crippen LogP contribution in [0.15, 0.2) is 48.7 Å². The quantitative estimate of drug-likeness (QED) is 0.729. The minimum Gasteiger partial charge on any atom is -0.384 e. The average molecular weight is 289 g/mol. The number of aromatic nitrogens is 1. The Morgan fingerprint density at radius 1 is 0.952 bits per heavy atom. The van der Waals surface area contributed by atoms with Crippen LogP contribution in [0.3, 0.4) is 0 Å². The van der Waals surface area contributed by atoms with Crippen LogP contribution in [0.5, 0.6) is 0 Å². The summed E-state index contributed by atoms with van der Waals surface area (Å²) in [5.74, 6) is -4.26. The van der Waals surface area contributed by atoms with Crippen molar-refractivity contribution in [3.63, 3.8) is 0 Å². The Morgan fingerprint density at radius 2 is 1.76 bits per heavy atom. The van der Waals surface area contributed by atoms with Crippen molar-refractivity contribution in [2.45, 2.75) is 6.10 Å². The lowest BCUT2D eigenvalue weighted by Gasteiger charge is -2.13. The van der Waals surface area contributed by atoms with Crippen molar-refractivity contribution in [1.29, 1.82) is 0 Å². The van der Waals surface area contributed by atoms with Crippen LogP contribution in [-0.2, 0) is 0 Å². The van der Waals surface area contributed by atoms with Crippen molar-refractivity contribution >= 4 is 10.9 Å². The van der Waals surface area contributed by atoms with Crippen LogP contribution in [0.1, 0.15) is 17.2 Å². The summed E-state index contributed by atoms with van der Waals surface area (Å²) in [5, 5.41) is 11.0. The van der Waals surface area contributed by atoms with E-state index in [2.05, 4.69) is 4.98 Å². The van der Waals surface area contributed by atoms with E-state index in [0.717, 1.165) is 23.0 Å². The predicted octanol–water partition coefficient (Wildman–Crippen LogP) is 3.73. The van der Waals surface area contributed by atoms with Crippen LogP contribution in [0.2, 0.25) is 0 Å². The molecule has 0 amide bonds. The molecule has 106 valence electrons. The van der Waals surface area contributed by atoms with Gasteiger partial charge < -0.3 is 5.11 Å². The van der Waals surface area contributed by atoms with Crippen molar-refractivity contribution in [2.75, 3.05) is 0 Å². The van der Waals surface area contributed by atoms with E-state index in [1.165, 1.54) is 0 Å². The number of nitrogens with zero attached hydrogens (tertiary/aromatic N) is 1. The zero-order valence-corrected chi connectivity index (χ0v) is 10.7. The molecule has 5 heteroatoms. The van der Waals surface area contributed by atoms with Crippen LogP contribution in [-0.4, -0.2) is 10.1 Å². The molecule has 0 aliphatic rings. The molecule has 0 aliphatic heterocycles. The maximum atomic E-state index is 13.7. The van der Waals surface area contributed by atoms with Crippen LogP contribution < -0.4 is 0 Å². The van der Waals surface area contributed by atoms with Crippen molar-refractivity contribution in [3.05, 3.63) is 77.2 Å². The topological polar surface area (TPSA) is 33.1 Å². The number of hydrogen-bond acceptors (Lipinski definition) is 2. The fraction of sp³-hybridized carbons (Fsp3) is 0.0625. The summed E-state index contributed by atoms with van der Waals surface area (Å²) in [6.07, 6.45) is 0.248. The van der Waals surface area contributed by atoms with E-state index in [-0.39, 0.29) is 5.56 Å². The monoisotopic (exact) mass is 289 g/mol. The maximum absolute atomic E-state index is 13.7. The van der Waals surface area contributed by atoms with Gasteiger partial charge >= 0.3 is 0 Å². The number of aliphatic hydroxyl groups is 1. The molecular weight excluding hydrogens is 279 g/mol. The molecule has 1 aromatic heterocycles. The van der Waals surface area contributed by atoms with Gasteiger partial charge in [0.2, 0.25) is 0 Å². The van der Waals surface area contributed by atoms with Crippen molar-refractivity contribution in [2.24, 2.45) is 0 Å². The summed E-state index contributed by atoms with van der Waals surface area (Å²) < 4.78 is 39.9. The predicted molar refractivity (Wildman–Crippen MR) is 72.1 cm³/mol. The molecule has 0 spiro atoms. The van der Waals surface area contributed by atoms with Gasteiger partial charge in [0.15, 0.2) is 17.5 Å². The molecule has 2 aromatic carbocycles. The molecular formula is C16H10F3NO. The molecule has 3 aromatic rings. The molecule has 0 fully saturated rings. The smallest absolute Gasteiger partial charge is 0.194 e. The van der Waals surface area contributed by atoms with Crippen molar-refractivity contribution < 1.29 is 18.3 Å². The van der Waals surface area contributed by atoms with Gasteiger partial charge in [-0.3, -0.25) is 4.98 Å². The van der Waals surface area contributed by atoms with E-state index in [1.54, 1.807) is 36.5 Å². The number of fused-ring (bicyclic) bond motifs is 1. The third-order valence-corrected chi connectivity index (χ3v) is 3.30. The molecule has 21 heavy (non-hydrogen) atoms. The number of benzene rings is 2. The van der Waals surface area contributed by atoms with Crippen molar-refractivity contribution in [1.82, 2.24) is 4.98 Å². The summed E-state index contributed by atoms with van der Waals surface area (Å²) >= 11 is 0. The Kier molecular flexibility index (Phi) is 3.35. The van der Waals surface area contributed by atoms with Crippen LogP contribution in [0.25, 0.3) is 10.9 Å². The third-order valence-electron chi connectivity index (χ3n) is 3.30. The van der Waals surface area contributed by atoms with Crippen LogP contribution in [0, 0.1) is 17.5 Å². The fourth-order valence-corrected chi connectivity index (χ4v) is 2.20. The van der Waals surface area contributed by atoms with E-state index >= 15 is 0 Å². The number of aliphatic hydroxyl groups excluding tert-OH is 1. The molecule has 0 aliphatic carbocycles. The molecule has 3 rings (SSSR count). The largest absolute Gasteiger partial charge is 0.384 e. The summed E-state index contributed by atoms with van der Waals surface area (Å²) in [6, 6.07) is 10.2. The minimum absolute atomic E-state index is 0.308. The normalized spacial score (nSPS) is 12.6. The molecule has 1 atom stereocenters. The minimum atomic E-state index is -1.59. The van der Waals surface area contributed by atoms with Crippen LogP contribution >= 0.6 is 0 Å². The maximum Gasteiger partial charge on any atom is 0.194 e. The Balaban J connectivity index is 2.08. The number of rotatable bonds is 2. The number of hydrogen-bond donors (Lipinski definition) is 1. The average Bonchev–Trinajstić information content (AvgIpc) is 2.52. The van der Waals surface area contributed by atoms with E-state index in [0.29, 0.717) is 5.56 Å². The molecule has 2 nitrogen and oxygen atoms in total. The van der Waals surface area contributed by atoms with Crippen molar-refractivity contribution in [3.8, 4) is 0 Å². The molecule has 1 heterocycles. The highest BCUT2D eigenvalue weighted by Gasteiger charge is 2.20. The van der Waals surface area contributed by atoms with Gasteiger partial charge in [0, 0.05) is 17.1 Å². The zero-order valence-electron chi connectivity index (χ0n) is 10.7. The first-order chi connectivity index (χ1) is 10.1. The van der Waals surface area contributed by atoms with Gasteiger partial charge in [-0.2, -0.15) is 0 Å². The van der Waals surface area contributed by atoms with Gasteiger partial charge in [-0.25, -0.2) is 13.2 Å². The second-order valence-electron chi connectivity index (χ2n) is 4.62. The number of pyridine rings is 1. The first-order valence-corrected chi connectivity index (χ1v) is 6.24. The van der Waals surface area contributed by atoms with Gasteiger partial charge in [0.05, 0.1) is 5.52 Å². The molecule has 0 saturated carbocycles. The van der Waals surface area contributed by atoms with Gasteiger partial charge in [-0.1, -0.05) is 18.2 Å². The zero-order chi connectivity index (χ0) is 15.0. The van der Waals surface area contributed by atoms with E-state index in [1.807, 2.05) is 0 Å². The summed E-state index contributed by atoms with van der Waals surface area (Å²) in [4.78, 5) is 4.13. The summed E-state index contributed by atoms with van der Waals surface area (Å²) in [5.41, 5.74) is 0.789. The lowest BCUT2D eigenvalue weighted by atomic mass is 9.99. The molecule has 1 N–H and O–H groups in total. The van der Waals surface area contributed by atoms with E-state index in [9.17, 15) is 18.3 Å². The molecule has 0 bridgehead atoms. The first-order valence-electron chi connectivity index (χ1n) is 6.24. The molecule has 0 radical (unpaired) electrons. The fourth-order valence-electron chi connectivity index (χ4n) is 2.20. The summed E-state index contributed by atoms with van der Waals surface area (Å²) in [6.45, 7) is 0. The SMILES string of the molecule is OC(c1ccc2ncccc2c1)c1ccc(F)c(F)c1F. The Hall–Kier alpha value is -2.40. The number of halogens is 3. The Morgan fingerprint density at radius 3 is 2.57 bits per heavy atom. The van der Waals surface area contributed by atoms with Crippen LogP contribution in [0.4, 0.5) is 13.2 Å². The van der Waals surface area contributed by atoms with Gasteiger partial charge in [-0.15, -0.1) is 0 Å². The highest BCUT2D eigenvalue weighted by Crippen LogP contribution is 2.28. The molecule has 0 saturated heterocycles. The lowest BCUT2D eigenvalue weighted by molar-refractivity contribution is 0.213. The van der Waals surface area contributed by atoms with Gasteiger partial charge in [-0.05, 0) is 29.8 Å². The van der Waals surface area contributed by atoms with E-state index < -0.39 is 23.6 Å². The standard InChI is InChI=1S/C16H10F3NO/c17-12-5-4-11(14(18)15(12)19)16(21)10-3-6-13-9(8-10)2-1-7-20-13/h1-8,16,21H. The second-order valence-corrected chi connectivity index (χ2v) is 4.62. The van der Waals surface area contributed by atoms with E-state index in [4.69, 9.17) is 0 Å². The van der Waals surface area contributed by atoms with Gasteiger partial charge in [0.25, 0.3) is 0 Å². The third kappa shape index (κ3) is 2.36.